The van der Waals surface area contributed by atoms with Gasteiger partial charge in [0, 0.05) is 0 Å². The molecule has 2 aliphatic rings. The highest BCUT2D eigenvalue weighted by molar-refractivity contribution is 6.90. The summed E-state index contributed by atoms with van der Waals surface area (Å²) < 4.78 is 0. The van der Waals surface area contributed by atoms with Crippen molar-refractivity contribution in [1.29, 1.82) is 0 Å². The highest BCUT2D eigenvalue weighted by atomic mass is 28.3. The Bertz CT molecular complexity index is 507. The van der Waals surface area contributed by atoms with Gasteiger partial charge in [0.1, 0.15) is 0 Å². The van der Waals surface area contributed by atoms with Gasteiger partial charge in [0.05, 0.1) is 8.07 Å². The molecule has 0 unspecified atom stereocenters. The molecule has 0 aromatic rings. The largest absolute Gasteiger partial charge is 0.0685 e. The van der Waals surface area contributed by atoms with Crippen LogP contribution >= 0.6 is 0 Å². The summed E-state index contributed by atoms with van der Waals surface area (Å²) in [5.41, 5.74) is 3.93. The highest BCUT2D eigenvalue weighted by Gasteiger charge is 2.59. The number of hydrogen-bond donors (Lipinski definition) is 0. The van der Waals surface area contributed by atoms with Crippen LogP contribution in [0.15, 0.2) is 0 Å². The monoisotopic (exact) mass is 410 g/mol. The Morgan fingerprint density at radius 2 is 0.724 bits per heavy atom. The zero-order chi connectivity index (χ0) is 22.8. The first kappa shape index (κ1) is 25.5. The first-order valence-electron chi connectivity index (χ1n) is 11.3. The van der Waals surface area contributed by atoms with Crippen LogP contribution in [0.3, 0.4) is 0 Å². The molecule has 0 spiro atoms. The first-order valence-corrected chi connectivity index (χ1v) is 14.3. The third-order valence-corrected chi connectivity index (χ3v) is 10.00. The average molecular weight is 411 g/mol. The Balaban J connectivity index is 2.44. The lowest BCUT2D eigenvalue weighted by atomic mass is 9.75. The second-order valence-electron chi connectivity index (χ2n) is 13.8. The molecule has 0 bridgehead atoms. The van der Waals surface area contributed by atoms with Crippen molar-refractivity contribution < 1.29 is 0 Å². The lowest BCUT2D eigenvalue weighted by molar-refractivity contribution is 0.434. The van der Waals surface area contributed by atoms with Crippen LogP contribution in [0.25, 0.3) is 0 Å². The van der Waals surface area contributed by atoms with Crippen LogP contribution in [0, 0.1) is 82.1 Å². The Hall–Kier alpha value is 0.217. The lowest BCUT2D eigenvalue weighted by Crippen LogP contribution is -2.48. The standard InChI is InChI=1S/C28H46Si/c1-25(2,3)19-15-21(27(7,8)9)23(17-19)29(13,14)24-18-20(26(4,5)6)16-22(24)28(10,11)12/h15-18H,1-14H3. The predicted octanol–water partition coefficient (Wildman–Crippen LogP) is 8.25. The maximum atomic E-state index is 2.57. The van der Waals surface area contributed by atoms with E-state index < -0.39 is 8.07 Å². The fraction of sp³-hybridized carbons (Fsp3) is 0.643. The van der Waals surface area contributed by atoms with E-state index in [1.54, 1.807) is 22.9 Å². The van der Waals surface area contributed by atoms with E-state index in [1.807, 2.05) is 0 Å². The van der Waals surface area contributed by atoms with Crippen LogP contribution in [-0.2, 0) is 0 Å². The van der Waals surface area contributed by atoms with Gasteiger partial charge in [-0.15, -0.1) is 0 Å². The van der Waals surface area contributed by atoms with Gasteiger partial charge >= 0.3 is 0 Å². The molecule has 162 valence electrons. The molecule has 0 N–H and O–H groups in total. The summed E-state index contributed by atoms with van der Waals surface area (Å²) >= 11 is 0. The van der Waals surface area contributed by atoms with Gasteiger partial charge in [0.15, 0.2) is 0 Å². The van der Waals surface area contributed by atoms with Crippen LogP contribution in [0.4, 0.5) is 0 Å². The molecule has 0 heterocycles. The highest BCUT2D eigenvalue weighted by Crippen LogP contribution is 2.63. The van der Waals surface area contributed by atoms with E-state index in [4.69, 9.17) is 0 Å². The van der Waals surface area contributed by atoms with Crippen molar-refractivity contribution in [3.05, 3.63) is 60.4 Å². The van der Waals surface area contributed by atoms with Crippen molar-refractivity contribution in [3.63, 3.8) is 0 Å². The quantitative estimate of drug-likeness (QED) is 0.402. The molecule has 0 atom stereocenters. The van der Waals surface area contributed by atoms with Crippen molar-refractivity contribution in [2.24, 2.45) is 21.7 Å². The summed E-state index contributed by atoms with van der Waals surface area (Å²) in [7, 11) is -1.88. The van der Waals surface area contributed by atoms with Crippen molar-refractivity contribution >= 4 is 8.07 Å². The average Bonchev–Trinajstić information content (AvgIpc) is 3.10. The zero-order valence-corrected chi connectivity index (χ0v) is 22.8. The van der Waals surface area contributed by atoms with Crippen molar-refractivity contribution in [2.45, 2.75) is 96.2 Å². The Morgan fingerprint density at radius 1 is 0.448 bits per heavy atom. The molecule has 0 aliphatic heterocycles. The molecule has 1 heteroatoms. The minimum atomic E-state index is -1.88. The van der Waals surface area contributed by atoms with Crippen LogP contribution in [0.2, 0.25) is 13.1 Å². The summed E-state index contributed by atoms with van der Waals surface area (Å²) in [6, 6.07) is 0. The summed E-state index contributed by atoms with van der Waals surface area (Å²) in [4.78, 5) is 0. The van der Waals surface area contributed by atoms with Gasteiger partial charge in [-0.3, -0.25) is 0 Å². The number of rotatable bonds is 2. The van der Waals surface area contributed by atoms with E-state index in [0.717, 1.165) is 0 Å². The summed E-state index contributed by atoms with van der Waals surface area (Å²) in [6.45, 7) is 33.4. The van der Waals surface area contributed by atoms with Crippen molar-refractivity contribution in [2.75, 3.05) is 0 Å². The molecule has 10 radical (unpaired) electrons. The molecule has 0 saturated heterocycles. The maximum absolute atomic E-state index is 2.57. The predicted molar refractivity (Wildman–Crippen MR) is 132 cm³/mol. The van der Waals surface area contributed by atoms with Gasteiger partial charge in [-0.25, -0.2) is 0 Å². The fourth-order valence-corrected chi connectivity index (χ4v) is 7.87. The Kier molecular flexibility index (Phi) is 6.73. The topological polar surface area (TPSA) is 0 Å². The second-order valence-corrected chi connectivity index (χ2v) is 18.1. The molecular formula is C28H46Si. The fourth-order valence-electron chi connectivity index (χ4n) is 4.30. The smallest absolute Gasteiger partial charge is 0.0626 e. The normalized spacial score (nSPS) is 24.2. The third-order valence-electron chi connectivity index (χ3n) is 6.47. The Labute approximate surface area is 186 Å². The number of hydrogen-bond acceptors (Lipinski definition) is 0. The van der Waals surface area contributed by atoms with Crippen molar-refractivity contribution in [1.82, 2.24) is 0 Å². The van der Waals surface area contributed by atoms with Gasteiger partial charge in [-0.2, -0.15) is 0 Å². The van der Waals surface area contributed by atoms with Gasteiger partial charge < -0.3 is 0 Å². The molecule has 0 nitrogen and oxygen atoms in total. The van der Waals surface area contributed by atoms with E-state index >= 15 is 0 Å². The van der Waals surface area contributed by atoms with Crippen molar-refractivity contribution in [3.8, 4) is 0 Å². The van der Waals surface area contributed by atoms with Gasteiger partial charge in [0.25, 0.3) is 0 Å². The first-order chi connectivity index (χ1) is 12.7. The molecule has 2 aliphatic carbocycles. The minimum Gasteiger partial charge on any atom is -0.0685 e. The lowest BCUT2D eigenvalue weighted by Gasteiger charge is -2.46. The molecule has 2 fully saturated rings. The zero-order valence-electron chi connectivity index (χ0n) is 21.8. The molecule has 0 amide bonds. The van der Waals surface area contributed by atoms with Crippen LogP contribution < -0.4 is 0 Å². The summed E-state index contributed by atoms with van der Waals surface area (Å²) in [5.74, 6) is 6.07. The summed E-state index contributed by atoms with van der Waals surface area (Å²) in [5, 5.41) is 0. The van der Waals surface area contributed by atoms with Gasteiger partial charge in [-0.1, -0.05) is 96.2 Å². The van der Waals surface area contributed by atoms with E-state index in [-0.39, 0.29) is 21.7 Å². The molecule has 2 rings (SSSR count). The van der Waals surface area contributed by atoms with Crippen LogP contribution in [0.5, 0.6) is 0 Å². The SMILES string of the molecule is CC(C)(C)[C]1[CH][C](C(C)(C)C)[C]([Si](C)(C)[C]2[CH][C](C(C)(C)C)[CH][C]2C(C)(C)C)[CH]1. The maximum Gasteiger partial charge on any atom is 0.0626 e. The molecule has 29 heavy (non-hydrogen) atoms. The Morgan fingerprint density at radius 3 is 0.931 bits per heavy atom. The van der Waals surface area contributed by atoms with E-state index in [0.29, 0.717) is 0 Å². The summed E-state index contributed by atoms with van der Waals surface area (Å²) in [6.07, 6.45) is 10.1. The van der Waals surface area contributed by atoms with Crippen LogP contribution in [-0.4, -0.2) is 8.07 Å². The van der Waals surface area contributed by atoms with Gasteiger partial charge in [0.2, 0.25) is 0 Å². The van der Waals surface area contributed by atoms with Crippen LogP contribution in [0.1, 0.15) is 83.1 Å². The molecule has 2 saturated carbocycles. The second kappa shape index (κ2) is 7.67. The molecule has 0 aromatic carbocycles. The third kappa shape index (κ3) is 5.35. The van der Waals surface area contributed by atoms with E-state index in [1.165, 1.54) is 11.8 Å². The van der Waals surface area contributed by atoms with Gasteiger partial charge in [-0.05, 0) is 82.1 Å². The minimum absolute atomic E-state index is 0.157. The molecule has 0 aromatic heterocycles. The van der Waals surface area contributed by atoms with E-state index in [2.05, 4.69) is 122 Å². The van der Waals surface area contributed by atoms with E-state index in [9.17, 15) is 0 Å². The molecular weight excluding hydrogens is 364 g/mol.